The van der Waals surface area contributed by atoms with Crippen molar-refractivity contribution in [3.05, 3.63) is 0 Å². The van der Waals surface area contributed by atoms with Gasteiger partial charge in [0.2, 0.25) is 0 Å². The Morgan fingerprint density at radius 2 is 1.47 bits per heavy atom. The van der Waals surface area contributed by atoms with Crippen LogP contribution in [0.2, 0.25) is 26.2 Å². The van der Waals surface area contributed by atoms with Crippen molar-refractivity contribution in [1.82, 2.24) is 13.1 Å². The summed E-state index contributed by atoms with van der Waals surface area (Å²) in [5.74, 6) is 0. The first kappa shape index (κ1) is 17.3. The molecule has 0 aromatic rings. The Morgan fingerprint density at radius 1 is 1.12 bits per heavy atom. The number of hydrogen-bond donors (Lipinski definition) is 1. The van der Waals surface area contributed by atoms with E-state index in [2.05, 4.69) is 53.4 Å². The van der Waals surface area contributed by atoms with Gasteiger partial charge in [0.15, 0.2) is 26.6 Å². The Labute approximate surface area is 107 Å². The van der Waals surface area contributed by atoms with E-state index in [9.17, 15) is 7.77 Å². The highest BCUT2D eigenvalue weighted by molar-refractivity contribution is 7.81. The van der Waals surface area contributed by atoms with Crippen LogP contribution in [-0.4, -0.2) is 57.6 Å². The first-order chi connectivity index (χ1) is 7.28. The van der Waals surface area contributed by atoms with Crippen LogP contribution in [0.4, 0.5) is 7.77 Å². The predicted molar refractivity (Wildman–Crippen MR) is 73.3 cm³/mol. The van der Waals surface area contributed by atoms with E-state index >= 15 is 0 Å². The lowest BCUT2D eigenvalue weighted by Gasteiger charge is -2.53. The molecule has 0 bridgehead atoms. The standard InChI is InChI=1S/C6H21N3Si3.F2O2S/c1-8-10-7-11(3,4)9(2)12(8,5)6;1-5(2,3)4/h7H,10H2,1-6H3;. The molecular formula is C6H21F2N3O2SSi3. The molecule has 0 radical (unpaired) electrons. The molecule has 17 heavy (non-hydrogen) atoms. The quantitative estimate of drug-likeness (QED) is 0.504. The highest BCUT2D eigenvalue weighted by atomic mass is 32.3. The third-order valence-corrected chi connectivity index (χ3v) is 19.2. The van der Waals surface area contributed by atoms with Gasteiger partial charge in [-0.1, -0.05) is 7.77 Å². The smallest absolute Gasteiger partial charge is 0.341 e. The van der Waals surface area contributed by atoms with Crippen molar-refractivity contribution in [3.8, 4) is 0 Å². The fourth-order valence-corrected chi connectivity index (χ4v) is 15.5. The van der Waals surface area contributed by atoms with Gasteiger partial charge in [0.25, 0.3) is 0 Å². The molecule has 1 N–H and O–H groups in total. The van der Waals surface area contributed by atoms with Gasteiger partial charge in [0, 0.05) is 0 Å². The zero-order valence-electron chi connectivity index (χ0n) is 11.1. The van der Waals surface area contributed by atoms with Crippen LogP contribution in [0.5, 0.6) is 0 Å². The lowest BCUT2D eigenvalue weighted by molar-refractivity contribution is 0.501. The second-order valence-electron chi connectivity index (χ2n) is 5.02. The Balaban J connectivity index is 0.000000437. The summed E-state index contributed by atoms with van der Waals surface area (Å²) < 4.78 is 45.6. The Kier molecular flexibility index (Phi) is 5.65. The van der Waals surface area contributed by atoms with Crippen LogP contribution in [-0.2, 0) is 10.6 Å². The van der Waals surface area contributed by atoms with Crippen molar-refractivity contribution in [1.29, 1.82) is 0 Å². The SMILES string of the molecule is CN1[SiH2]N[Si](C)(C)N(C)[Si]1(C)C.O=S(=O)(F)F. The first-order valence-corrected chi connectivity index (χ1v) is 13.6. The van der Waals surface area contributed by atoms with Gasteiger partial charge in [-0.25, -0.2) is 0 Å². The van der Waals surface area contributed by atoms with Gasteiger partial charge in [0.05, 0.1) is 0 Å². The molecule has 1 rings (SSSR count). The normalized spacial score (nSPS) is 26.4. The van der Waals surface area contributed by atoms with Crippen LogP contribution in [0.25, 0.3) is 0 Å². The van der Waals surface area contributed by atoms with E-state index in [1.54, 1.807) is 0 Å². The van der Waals surface area contributed by atoms with Crippen LogP contribution in [0, 0.1) is 0 Å². The molecule has 0 aromatic carbocycles. The van der Waals surface area contributed by atoms with Crippen molar-refractivity contribution in [2.45, 2.75) is 26.2 Å². The van der Waals surface area contributed by atoms with Crippen LogP contribution in [0.3, 0.4) is 0 Å². The highest BCUT2D eigenvalue weighted by Crippen LogP contribution is 2.20. The fraction of sp³-hybridized carbons (Fsp3) is 1.00. The summed E-state index contributed by atoms with van der Waals surface area (Å²) >= 11 is 0. The maximum absolute atomic E-state index is 9.99. The number of nitrogens with one attached hydrogen (secondary N) is 1. The summed E-state index contributed by atoms with van der Waals surface area (Å²) in [5, 5.41) is 0. The highest BCUT2D eigenvalue weighted by Gasteiger charge is 2.45. The molecule has 0 spiro atoms. The average Bonchev–Trinajstić information content (AvgIpc) is 2.08. The maximum atomic E-state index is 9.99. The summed E-state index contributed by atoms with van der Waals surface area (Å²) in [4.78, 5) is 0. The summed E-state index contributed by atoms with van der Waals surface area (Å²) in [5.41, 5.74) is 0. The van der Waals surface area contributed by atoms with E-state index in [0.29, 0.717) is 0 Å². The lowest BCUT2D eigenvalue weighted by Crippen LogP contribution is -2.79. The van der Waals surface area contributed by atoms with Gasteiger partial charge in [-0.15, -0.1) is 0 Å². The molecule has 104 valence electrons. The Morgan fingerprint density at radius 3 is 1.76 bits per heavy atom. The van der Waals surface area contributed by atoms with Gasteiger partial charge in [-0.2, -0.15) is 8.42 Å². The number of halogens is 2. The maximum Gasteiger partial charge on any atom is 0.476 e. The van der Waals surface area contributed by atoms with E-state index in [4.69, 9.17) is 8.42 Å². The second kappa shape index (κ2) is 5.54. The largest absolute Gasteiger partial charge is 0.476 e. The van der Waals surface area contributed by atoms with Crippen molar-refractivity contribution >= 4 is 37.2 Å². The van der Waals surface area contributed by atoms with E-state index in [0.717, 1.165) is 0 Å². The molecule has 0 aliphatic carbocycles. The monoisotopic (exact) mass is 321 g/mol. The molecule has 0 atom stereocenters. The van der Waals surface area contributed by atoms with Gasteiger partial charge < -0.3 is 13.1 Å². The molecule has 1 aliphatic rings. The van der Waals surface area contributed by atoms with E-state index in [1.165, 1.54) is 0 Å². The van der Waals surface area contributed by atoms with Crippen molar-refractivity contribution < 1.29 is 16.2 Å². The van der Waals surface area contributed by atoms with E-state index < -0.39 is 27.4 Å². The van der Waals surface area contributed by atoms with Crippen molar-refractivity contribution in [2.75, 3.05) is 14.1 Å². The molecule has 11 heteroatoms. The van der Waals surface area contributed by atoms with Crippen molar-refractivity contribution in [2.24, 2.45) is 0 Å². The number of hydrogen-bond acceptors (Lipinski definition) is 5. The second-order valence-corrected chi connectivity index (χ2v) is 17.8. The van der Waals surface area contributed by atoms with Gasteiger partial charge in [0.1, 0.15) is 0 Å². The van der Waals surface area contributed by atoms with Gasteiger partial charge >= 0.3 is 10.6 Å². The van der Waals surface area contributed by atoms with Crippen molar-refractivity contribution in [3.63, 3.8) is 0 Å². The predicted octanol–water partition coefficient (Wildman–Crippen LogP) is 0.0258. The van der Waals surface area contributed by atoms with Crippen LogP contribution >= 0.6 is 0 Å². The van der Waals surface area contributed by atoms with Crippen LogP contribution in [0.1, 0.15) is 0 Å². The molecule has 1 aliphatic heterocycles. The van der Waals surface area contributed by atoms with Crippen LogP contribution < -0.4 is 4.65 Å². The number of nitrogens with zero attached hydrogens (tertiary/aromatic N) is 2. The molecular weight excluding hydrogens is 300 g/mol. The zero-order chi connectivity index (χ0) is 14.1. The topological polar surface area (TPSA) is 52.6 Å². The molecule has 1 heterocycles. The minimum Gasteiger partial charge on any atom is -0.341 e. The summed E-state index contributed by atoms with van der Waals surface area (Å²) in [6.07, 6.45) is 0. The van der Waals surface area contributed by atoms with Gasteiger partial charge in [-0.3, -0.25) is 0 Å². The third-order valence-electron chi connectivity index (χ3n) is 3.34. The molecule has 0 unspecified atom stereocenters. The molecule has 0 aromatic heterocycles. The lowest BCUT2D eigenvalue weighted by atomic mass is 11.6. The average molecular weight is 322 g/mol. The third kappa shape index (κ3) is 5.67. The Bertz CT molecular complexity index is 358. The van der Waals surface area contributed by atoms with E-state index in [-0.39, 0.29) is 9.84 Å². The zero-order valence-corrected chi connectivity index (χ0v) is 15.3. The molecule has 0 amide bonds. The minimum atomic E-state index is -5.67. The molecule has 5 nitrogen and oxygen atoms in total. The molecule has 1 saturated heterocycles. The first-order valence-electron chi connectivity index (χ1n) is 5.13. The Hall–Kier alpha value is 0.341. The molecule has 1 fully saturated rings. The summed E-state index contributed by atoms with van der Waals surface area (Å²) in [6, 6.07) is 0. The molecule has 0 saturated carbocycles. The van der Waals surface area contributed by atoms with E-state index in [1.807, 2.05) is 0 Å². The summed E-state index contributed by atoms with van der Waals surface area (Å²) in [6.45, 7) is 9.74. The van der Waals surface area contributed by atoms with Gasteiger partial charge in [-0.05, 0) is 40.3 Å². The summed E-state index contributed by atoms with van der Waals surface area (Å²) in [7, 11) is -3.64. The minimum absolute atomic E-state index is 0.142. The number of rotatable bonds is 0. The van der Waals surface area contributed by atoms with Crippen LogP contribution in [0.15, 0.2) is 0 Å². The fourth-order valence-electron chi connectivity index (χ4n) is 1.56.